The van der Waals surface area contributed by atoms with Crippen molar-refractivity contribution in [1.82, 2.24) is 0 Å². The van der Waals surface area contributed by atoms with E-state index in [4.69, 9.17) is 38.0 Å². The van der Waals surface area contributed by atoms with Crippen LogP contribution in [0.4, 0.5) is 0 Å². The first-order chi connectivity index (χ1) is 6.54. The Morgan fingerprint density at radius 1 is 1.21 bits per heavy atom. The highest BCUT2D eigenvalue weighted by Gasteiger charge is 2.14. The van der Waals surface area contributed by atoms with Crippen molar-refractivity contribution in [2.75, 3.05) is 7.11 Å². The molecule has 2 N–H and O–H groups in total. The Labute approximate surface area is 91.1 Å². The average molecular weight is 237 g/mol. The molecule has 0 aliphatic carbocycles. The first-order valence-electron chi connectivity index (χ1n) is 3.60. The number of hydrogen-bond donors (Lipinski definition) is 2. The molecule has 0 spiro atoms. The van der Waals surface area contributed by atoms with E-state index in [9.17, 15) is 0 Å². The largest absolute Gasteiger partial charge is 0.707 e. The SMILES string of the molecule is COc1c(Cl)cc(OB(O)O)cc1Cl. The molecule has 0 saturated carbocycles. The van der Waals surface area contributed by atoms with Gasteiger partial charge in [0, 0.05) is 12.1 Å². The van der Waals surface area contributed by atoms with Crippen LogP contribution < -0.4 is 9.39 Å². The summed E-state index contributed by atoms with van der Waals surface area (Å²) in [4.78, 5) is 0. The minimum atomic E-state index is -1.91. The number of ether oxygens (including phenoxy) is 1. The normalized spacial score (nSPS) is 9.79. The summed E-state index contributed by atoms with van der Waals surface area (Å²) in [5.74, 6) is 0.462. The first-order valence-corrected chi connectivity index (χ1v) is 4.36. The van der Waals surface area contributed by atoms with E-state index in [0.717, 1.165) is 0 Å². The van der Waals surface area contributed by atoms with Crippen LogP contribution >= 0.6 is 23.2 Å². The van der Waals surface area contributed by atoms with E-state index >= 15 is 0 Å². The van der Waals surface area contributed by atoms with Crippen molar-refractivity contribution in [2.24, 2.45) is 0 Å². The van der Waals surface area contributed by atoms with Crippen molar-refractivity contribution in [3.8, 4) is 11.5 Å². The van der Waals surface area contributed by atoms with Crippen molar-refractivity contribution in [1.29, 1.82) is 0 Å². The highest BCUT2D eigenvalue weighted by molar-refractivity contribution is 6.38. The highest BCUT2D eigenvalue weighted by atomic mass is 35.5. The van der Waals surface area contributed by atoms with Crippen LogP contribution in [0, 0.1) is 0 Å². The van der Waals surface area contributed by atoms with Gasteiger partial charge in [0.25, 0.3) is 0 Å². The number of halogens is 2. The van der Waals surface area contributed by atoms with E-state index in [2.05, 4.69) is 4.65 Å². The molecule has 0 aliphatic rings. The van der Waals surface area contributed by atoms with Crippen molar-refractivity contribution in [3.63, 3.8) is 0 Å². The second kappa shape index (κ2) is 4.75. The maximum Gasteiger partial charge on any atom is 0.707 e. The van der Waals surface area contributed by atoms with E-state index in [1.807, 2.05) is 0 Å². The van der Waals surface area contributed by atoms with Crippen molar-refractivity contribution in [2.45, 2.75) is 0 Å². The fraction of sp³-hybridized carbons (Fsp3) is 0.143. The van der Waals surface area contributed by atoms with Gasteiger partial charge in [-0.2, -0.15) is 0 Å². The van der Waals surface area contributed by atoms with E-state index in [1.165, 1.54) is 19.2 Å². The Kier molecular flexibility index (Phi) is 3.89. The Hall–Kier alpha value is -0.615. The summed E-state index contributed by atoms with van der Waals surface area (Å²) in [6.07, 6.45) is 0. The molecule has 0 radical (unpaired) electrons. The molecule has 0 aromatic heterocycles. The predicted octanol–water partition coefficient (Wildman–Crippen LogP) is 1.35. The average Bonchev–Trinajstić information content (AvgIpc) is 2.01. The lowest BCUT2D eigenvalue weighted by Gasteiger charge is -2.09. The van der Waals surface area contributed by atoms with Gasteiger partial charge in [-0.05, 0) is 0 Å². The smallest absolute Gasteiger partial charge is 0.512 e. The molecule has 7 heteroatoms. The summed E-state index contributed by atoms with van der Waals surface area (Å²) in [6.45, 7) is 0. The fourth-order valence-corrected chi connectivity index (χ4v) is 1.54. The molecule has 0 atom stereocenters. The third-order valence-electron chi connectivity index (χ3n) is 1.42. The molecule has 4 nitrogen and oxygen atoms in total. The van der Waals surface area contributed by atoms with Crippen LogP contribution in [0.5, 0.6) is 11.5 Å². The molecule has 14 heavy (non-hydrogen) atoms. The summed E-state index contributed by atoms with van der Waals surface area (Å²) in [7, 11) is -0.482. The summed E-state index contributed by atoms with van der Waals surface area (Å²) in [6, 6.07) is 2.73. The maximum atomic E-state index is 8.53. The van der Waals surface area contributed by atoms with Gasteiger partial charge in [-0.15, -0.1) is 0 Å². The van der Waals surface area contributed by atoms with E-state index in [-0.39, 0.29) is 15.8 Å². The van der Waals surface area contributed by atoms with Crippen molar-refractivity contribution in [3.05, 3.63) is 22.2 Å². The van der Waals surface area contributed by atoms with Crippen LogP contribution in [0.3, 0.4) is 0 Å². The lowest BCUT2D eigenvalue weighted by atomic mass is 10.2. The Morgan fingerprint density at radius 2 is 1.71 bits per heavy atom. The zero-order valence-electron chi connectivity index (χ0n) is 7.20. The van der Waals surface area contributed by atoms with Crippen LogP contribution in [0.15, 0.2) is 12.1 Å². The van der Waals surface area contributed by atoms with Gasteiger partial charge in [0.2, 0.25) is 0 Å². The summed E-state index contributed by atoms with van der Waals surface area (Å²) in [5, 5.41) is 17.5. The Bertz CT molecular complexity index is 308. The van der Waals surface area contributed by atoms with Gasteiger partial charge >= 0.3 is 7.32 Å². The lowest BCUT2D eigenvalue weighted by molar-refractivity contribution is 0.288. The van der Waals surface area contributed by atoms with Crippen molar-refractivity contribution < 1.29 is 19.4 Å². The molecule has 1 aromatic carbocycles. The third kappa shape index (κ3) is 2.68. The summed E-state index contributed by atoms with van der Waals surface area (Å²) in [5.41, 5.74) is 0. The number of methoxy groups -OCH3 is 1. The van der Waals surface area contributed by atoms with Gasteiger partial charge in [-0.3, -0.25) is 0 Å². The second-order valence-corrected chi connectivity index (χ2v) is 3.18. The van der Waals surface area contributed by atoms with Gasteiger partial charge in [0.1, 0.15) is 5.75 Å². The van der Waals surface area contributed by atoms with Crippen LogP contribution in [0.2, 0.25) is 10.0 Å². The maximum absolute atomic E-state index is 8.53. The van der Waals surface area contributed by atoms with E-state index < -0.39 is 7.32 Å². The molecule has 1 aromatic rings. The zero-order valence-corrected chi connectivity index (χ0v) is 8.71. The fourth-order valence-electron chi connectivity index (χ4n) is 0.921. The number of rotatable bonds is 3. The van der Waals surface area contributed by atoms with E-state index in [0.29, 0.717) is 5.75 Å². The molecular weight excluding hydrogens is 230 g/mol. The second-order valence-electron chi connectivity index (χ2n) is 2.36. The molecule has 0 bridgehead atoms. The van der Waals surface area contributed by atoms with Crippen LogP contribution in [0.1, 0.15) is 0 Å². The predicted molar refractivity (Wildman–Crippen MR) is 53.8 cm³/mol. The molecule has 0 aliphatic heterocycles. The van der Waals surface area contributed by atoms with Gasteiger partial charge in [-0.25, -0.2) is 0 Å². The molecule has 0 amide bonds. The van der Waals surface area contributed by atoms with Crippen LogP contribution in [-0.2, 0) is 0 Å². The standard InChI is InChI=1S/C7H7BCl2O4/c1-13-7-5(9)2-4(3-6(7)10)14-8(11)12/h2-3,11-12H,1H3. The topological polar surface area (TPSA) is 58.9 Å². The van der Waals surface area contributed by atoms with Gasteiger partial charge in [0.15, 0.2) is 5.75 Å². The van der Waals surface area contributed by atoms with Crippen LogP contribution in [0.25, 0.3) is 0 Å². The Balaban J connectivity index is 3.01. The molecular formula is C7H7BCl2O4. The third-order valence-corrected chi connectivity index (χ3v) is 1.98. The monoisotopic (exact) mass is 236 g/mol. The zero-order chi connectivity index (χ0) is 10.7. The minimum absolute atomic E-state index is 0.149. The summed E-state index contributed by atoms with van der Waals surface area (Å²) >= 11 is 11.5. The molecule has 0 fully saturated rings. The lowest BCUT2D eigenvalue weighted by Crippen LogP contribution is -2.20. The van der Waals surface area contributed by atoms with Crippen molar-refractivity contribution >= 4 is 30.5 Å². The Morgan fingerprint density at radius 3 is 2.07 bits per heavy atom. The van der Waals surface area contributed by atoms with Gasteiger partial charge < -0.3 is 19.4 Å². The molecule has 0 heterocycles. The molecule has 0 unspecified atom stereocenters. The first kappa shape index (κ1) is 11.5. The van der Waals surface area contributed by atoms with E-state index in [1.54, 1.807) is 0 Å². The summed E-state index contributed by atoms with van der Waals surface area (Å²) < 4.78 is 9.45. The molecule has 76 valence electrons. The molecule has 0 saturated heterocycles. The number of hydrogen-bond acceptors (Lipinski definition) is 4. The van der Waals surface area contributed by atoms with Gasteiger partial charge in [-0.1, -0.05) is 23.2 Å². The van der Waals surface area contributed by atoms with Crippen LogP contribution in [-0.4, -0.2) is 24.5 Å². The van der Waals surface area contributed by atoms with Gasteiger partial charge in [0.05, 0.1) is 17.2 Å². The highest BCUT2D eigenvalue weighted by Crippen LogP contribution is 2.36. The molecule has 1 rings (SSSR count). The minimum Gasteiger partial charge on any atom is -0.512 e. The quantitative estimate of drug-likeness (QED) is 0.778. The number of benzene rings is 1.